The highest BCUT2D eigenvalue weighted by Crippen LogP contribution is 2.22. The van der Waals surface area contributed by atoms with Crippen molar-refractivity contribution < 1.29 is 13.9 Å². The van der Waals surface area contributed by atoms with Crippen LogP contribution in [-0.4, -0.2) is 53.4 Å². The van der Waals surface area contributed by atoms with E-state index in [4.69, 9.17) is 4.74 Å². The van der Waals surface area contributed by atoms with Gasteiger partial charge in [0.25, 0.3) is 11.5 Å². The first-order valence-corrected chi connectivity index (χ1v) is 11.9. The van der Waals surface area contributed by atoms with Crippen molar-refractivity contribution in [1.82, 2.24) is 20.0 Å². The fourth-order valence-electron chi connectivity index (χ4n) is 4.37. The molecule has 0 radical (unpaired) electrons. The van der Waals surface area contributed by atoms with E-state index in [0.717, 1.165) is 37.9 Å². The zero-order valence-corrected chi connectivity index (χ0v) is 19.5. The Morgan fingerprint density at radius 2 is 1.79 bits per heavy atom. The molecule has 8 heteroatoms. The molecule has 1 aliphatic rings. The number of halogens is 1. The van der Waals surface area contributed by atoms with Gasteiger partial charge in [0.1, 0.15) is 5.82 Å². The number of morpholine rings is 1. The molecule has 4 rings (SSSR count). The van der Waals surface area contributed by atoms with Gasteiger partial charge in [0.05, 0.1) is 24.6 Å². The van der Waals surface area contributed by atoms with Gasteiger partial charge in [0.15, 0.2) is 5.69 Å². The van der Waals surface area contributed by atoms with Gasteiger partial charge in [-0.05, 0) is 30.2 Å². The van der Waals surface area contributed by atoms with E-state index in [9.17, 15) is 14.0 Å². The topological polar surface area (TPSA) is 76.5 Å². The van der Waals surface area contributed by atoms with Crippen LogP contribution in [0.25, 0.3) is 10.8 Å². The predicted octanol–water partition coefficient (Wildman–Crippen LogP) is 3.53. The number of carbonyl (C=O) groups excluding carboxylic acids is 1. The average Bonchev–Trinajstić information content (AvgIpc) is 2.87. The second-order valence-electron chi connectivity index (χ2n) is 8.56. The predicted molar refractivity (Wildman–Crippen MR) is 129 cm³/mol. The molecule has 1 fully saturated rings. The Morgan fingerprint density at radius 3 is 2.50 bits per heavy atom. The fraction of sp³-hybridized carbons (Fsp3) is 0.423. The quantitative estimate of drug-likeness (QED) is 0.489. The van der Waals surface area contributed by atoms with Gasteiger partial charge in [-0.1, -0.05) is 50.1 Å². The summed E-state index contributed by atoms with van der Waals surface area (Å²) < 4.78 is 20.4. The second-order valence-corrected chi connectivity index (χ2v) is 8.56. The Kier molecular flexibility index (Phi) is 8.03. The first-order valence-electron chi connectivity index (χ1n) is 11.9. The average molecular weight is 467 g/mol. The van der Waals surface area contributed by atoms with E-state index in [1.807, 2.05) is 0 Å². The number of ether oxygens (including phenoxy) is 1. The molecule has 1 unspecified atom stereocenters. The van der Waals surface area contributed by atoms with Gasteiger partial charge in [-0.25, -0.2) is 9.07 Å². The van der Waals surface area contributed by atoms with E-state index in [1.165, 1.54) is 16.8 Å². The summed E-state index contributed by atoms with van der Waals surface area (Å²) in [5.74, 6) is -0.629. The molecule has 1 saturated heterocycles. The molecule has 2 heterocycles. The number of rotatable bonds is 9. The van der Waals surface area contributed by atoms with E-state index in [2.05, 4.69) is 22.2 Å². The number of benzene rings is 2. The number of aromatic nitrogens is 2. The molecule has 1 aliphatic heterocycles. The molecular weight excluding hydrogens is 435 g/mol. The molecule has 1 N–H and O–H groups in total. The Labute approximate surface area is 198 Å². The summed E-state index contributed by atoms with van der Waals surface area (Å²) in [6, 6.07) is 13.3. The number of nitrogens with zero attached hydrogens (tertiary/aromatic N) is 3. The van der Waals surface area contributed by atoms with E-state index >= 15 is 0 Å². The molecule has 2 aromatic carbocycles. The summed E-state index contributed by atoms with van der Waals surface area (Å²) in [5.41, 5.74) is 0.984. The van der Waals surface area contributed by atoms with Crippen molar-refractivity contribution in [3.8, 4) is 0 Å². The number of unbranched alkanes of at least 4 members (excludes halogenated alkanes) is 2. The SMILES string of the molecule is CCCCCn1nc(C(=O)NCC(c2ccc(F)cc2)N2CCOCC2)c2ccccc2c1=O. The van der Waals surface area contributed by atoms with Crippen LogP contribution in [0.3, 0.4) is 0 Å². The van der Waals surface area contributed by atoms with E-state index < -0.39 is 0 Å². The van der Waals surface area contributed by atoms with Crippen molar-refractivity contribution >= 4 is 16.7 Å². The highest BCUT2D eigenvalue weighted by atomic mass is 19.1. The van der Waals surface area contributed by atoms with E-state index in [-0.39, 0.29) is 29.0 Å². The summed E-state index contributed by atoms with van der Waals surface area (Å²) in [4.78, 5) is 28.5. The van der Waals surface area contributed by atoms with Crippen LogP contribution in [0.2, 0.25) is 0 Å². The van der Waals surface area contributed by atoms with Crippen LogP contribution in [-0.2, 0) is 11.3 Å². The van der Waals surface area contributed by atoms with Crippen LogP contribution in [0.5, 0.6) is 0 Å². The number of aryl methyl sites for hydroxylation is 1. The van der Waals surface area contributed by atoms with Crippen LogP contribution in [0.4, 0.5) is 4.39 Å². The Balaban J connectivity index is 1.60. The molecule has 0 aliphatic carbocycles. The Hall–Kier alpha value is -3.10. The van der Waals surface area contributed by atoms with Crippen molar-refractivity contribution in [2.75, 3.05) is 32.8 Å². The van der Waals surface area contributed by atoms with Crippen molar-refractivity contribution in [1.29, 1.82) is 0 Å². The van der Waals surface area contributed by atoms with Crippen molar-refractivity contribution in [2.45, 2.75) is 38.8 Å². The highest BCUT2D eigenvalue weighted by Gasteiger charge is 2.24. The summed E-state index contributed by atoms with van der Waals surface area (Å²) >= 11 is 0. The maximum absolute atomic E-state index is 13.5. The molecule has 0 saturated carbocycles. The lowest BCUT2D eigenvalue weighted by Crippen LogP contribution is -2.44. The molecular formula is C26H31FN4O3. The van der Waals surface area contributed by atoms with Crippen molar-refractivity contribution in [2.24, 2.45) is 0 Å². The summed E-state index contributed by atoms with van der Waals surface area (Å²) in [6.07, 6.45) is 2.84. The van der Waals surface area contributed by atoms with Crippen molar-refractivity contribution in [3.05, 3.63) is 76.0 Å². The minimum Gasteiger partial charge on any atom is -0.379 e. The van der Waals surface area contributed by atoms with E-state index in [0.29, 0.717) is 37.1 Å². The molecule has 180 valence electrons. The van der Waals surface area contributed by atoms with Crippen LogP contribution in [0.15, 0.2) is 53.3 Å². The maximum atomic E-state index is 13.5. The fourth-order valence-corrected chi connectivity index (χ4v) is 4.37. The lowest BCUT2D eigenvalue weighted by atomic mass is 10.0. The first-order chi connectivity index (χ1) is 16.6. The highest BCUT2D eigenvalue weighted by molar-refractivity contribution is 6.04. The first kappa shape index (κ1) is 24.0. The number of nitrogens with one attached hydrogen (secondary N) is 1. The molecule has 0 spiro atoms. The molecule has 1 amide bonds. The largest absolute Gasteiger partial charge is 0.379 e. The standard InChI is InChI=1S/C26H31FN4O3/c1-2-3-6-13-31-26(33)22-8-5-4-7-21(22)24(29-31)25(32)28-18-23(30-14-16-34-17-15-30)19-9-11-20(27)12-10-19/h4-5,7-12,23H,2-3,6,13-18H2,1H3,(H,28,32). The third kappa shape index (κ3) is 5.51. The number of amides is 1. The van der Waals surface area contributed by atoms with Crippen LogP contribution < -0.4 is 10.9 Å². The molecule has 0 bridgehead atoms. The summed E-state index contributed by atoms with van der Waals surface area (Å²) in [5, 5.41) is 8.51. The number of hydrogen-bond donors (Lipinski definition) is 1. The lowest BCUT2D eigenvalue weighted by molar-refractivity contribution is 0.0162. The molecule has 7 nitrogen and oxygen atoms in total. The van der Waals surface area contributed by atoms with Gasteiger partial charge in [0.2, 0.25) is 0 Å². The van der Waals surface area contributed by atoms with Crippen LogP contribution in [0, 0.1) is 5.82 Å². The van der Waals surface area contributed by atoms with Crippen LogP contribution >= 0.6 is 0 Å². The summed E-state index contributed by atoms with van der Waals surface area (Å²) in [7, 11) is 0. The zero-order valence-electron chi connectivity index (χ0n) is 19.5. The normalized spacial score (nSPS) is 15.4. The van der Waals surface area contributed by atoms with Gasteiger partial charge in [-0.2, -0.15) is 5.10 Å². The third-order valence-corrected chi connectivity index (χ3v) is 6.25. The third-order valence-electron chi connectivity index (χ3n) is 6.25. The van der Waals surface area contributed by atoms with Crippen LogP contribution in [0.1, 0.15) is 48.3 Å². The molecule has 1 atom stereocenters. The number of carbonyl (C=O) groups is 1. The minimum absolute atomic E-state index is 0.129. The van der Waals surface area contributed by atoms with Gasteiger partial charge >= 0.3 is 0 Å². The van der Waals surface area contributed by atoms with Gasteiger partial charge < -0.3 is 10.1 Å². The van der Waals surface area contributed by atoms with Gasteiger partial charge in [-0.15, -0.1) is 0 Å². The molecule has 34 heavy (non-hydrogen) atoms. The lowest BCUT2D eigenvalue weighted by Gasteiger charge is -2.35. The second kappa shape index (κ2) is 11.4. The van der Waals surface area contributed by atoms with Gasteiger partial charge in [0, 0.05) is 31.6 Å². The monoisotopic (exact) mass is 466 g/mol. The Bertz CT molecular complexity index is 1170. The van der Waals surface area contributed by atoms with E-state index in [1.54, 1.807) is 36.4 Å². The van der Waals surface area contributed by atoms with Gasteiger partial charge in [-0.3, -0.25) is 14.5 Å². The maximum Gasteiger partial charge on any atom is 0.274 e. The number of fused-ring (bicyclic) bond motifs is 1. The molecule has 3 aromatic rings. The zero-order chi connectivity index (χ0) is 23.9. The Morgan fingerprint density at radius 1 is 1.09 bits per heavy atom. The smallest absolute Gasteiger partial charge is 0.274 e. The minimum atomic E-state index is -0.333. The number of hydrogen-bond acceptors (Lipinski definition) is 5. The summed E-state index contributed by atoms with van der Waals surface area (Å²) in [6.45, 7) is 5.57. The molecule has 1 aromatic heterocycles. The van der Waals surface area contributed by atoms with Crippen molar-refractivity contribution in [3.63, 3.8) is 0 Å².